The third kappa shape index (κ3) is 11.0. The van der Waals surface area contributed by atoms with E-state index in [0.29, 0.717) is 24.5 Å². The standard InChI is InChI=1S/C31H33O11P/c32-30(33)17-19-40-43(35,36)42-28-14-7-18-37-29(28)22-39-31(34)16-15-24-9-4-5-13-27(24)38-21-23-8-6-12-26(20-23)41-25-10-2-1-3-11-25/h1-14,20,28-29H,15-19,21-22H2,(H,32,33)(H,35,36)/t28-,29?/m0/s1. The summed E-state index contributed by atoms with van der Waals surface area (Å²) >= 11 is 0. The van der Waals surface area contributed by atoms with E-state index in [1.54, 1.807) is 6.08 Å². The molecule has 3 atom stereocenters. The number of phosphoric ester groups is 1. The van der Waals surface area contributed by atoms with Gasteiger partial charge in [0.1, 0.15) is 42.7 Å². The van der Waals surface area contributed by atoms with Crippen LogP contribution in [0, 0.1) is 0 Å². The molecule has 0 bridgehead atoms. The SMILES string of the molecule is O=C(O)CCOP(=O)(O)O[C@H]1C=CCOC1COC(=O)CCc1ccccc1OCc1cccc(Oc2ccccc2)c1. The summed E-state index contributed by atoms with van der Waals surface area (Å²) in [5, 5.41) is 8.67. The van der Waals surface area contributed by atoms with Crippen molar-refractivity contribution >= 4 is 19.8 Å². The number of esters is 1. The van der Waals surface area contributed by atoms with Crippen LogP contribution in [0.5, 0.6) is 17.2 Å². The normalized spacial score (nSPS) is 17.5. The Labute approximate surface area is 249 Å². The van der Waals surface area contributed by atoms with E-state index >= 15 is 0 Å². The Hall–Kier alpha value is -3.99. The van der Waals surface area contributed by atoms with Crippen molar-refractivity contribution in [2.45, 2.75) is 38.1 Å². The number of hydrogen-bond acceptors (Lipinski definition) is 9. The highest BCUT2D eigenvalue weighted by Gasteiger charge is 2.33. The third-order valence-corrected chi connectivity index (χ3v) is 7.19. The molecule has 0 saturated heterocycles. The molecule has 1 aliphatic heterocycles. The molecular weight excluding hydrogens is 579 g/mol. The first-order valence-electron chi connectivity index (χ1n) is 13.6. The van der Waals surface area contributed by atoms with Gasteiger partial charge in [0.15, 0.2) is 0 Å². The van der Waals surface area contributed by atoms with Crippen LogP contribution in [0.15, 0.2) is 91.0 Å². The number of benzene rings is 3. The van der Waals surface area contributed by atoms with E-state index in [9.17, 15) is 19.0 Å². The first-order chi connectivity index (χ1) is 20.8. The van der Waals surface area contributed by atoms with Gasteiger partial charge in [0.05, 0.1) is 19.6 Å². The Morgan fingerprint density at radius 1 is 0.953 bits per heavy atom. The van der Waals surface area contributed by atoms with Gasteiger partial charge < -0.3 is 28.9 Å². The van der Waals surface area contributed by atoms with Crippen LogP contribution in [0.25, 0.3) is 0 Å². The number of para-hydroxylation sites is 2. The molecule has 3 aromatic carbocycles. The maximum Gasteiger partial charge on any atom is 0.472 e. The minimum Gasteiger partial charge on any atom is -0.489 e. The first-order valence-corrected chi connectivity index (χ1v) is 15.1. The van der Waals surface area contributed by atoms with Gasteiger partial charge in [-0.25, -0.2) is 4.57 Å². The van der Waals surface area contributed by atoms with Gasteiger partial charge in [0.25, 0.3) is 0 Å². The van der Waals surface area contributed by atoms with Crippen LogP contribution >= 0.6 is 7.82 Å². The highest BCUT2D eigenvalue weighted by atomic mass is 31.2. The number of carboxylic acid groups (broad SMARTS) is 1. The second-order valence-corrected chi connectivity index (χ2v) is 10.9. The molecule has 228 valence electrons. The van der Waals surface area contributed by atoms with E-state index in [2.05, 4.69) is 4.52 Å². The molecule has 12 heteroatoms. The summed E-state index contributed by atoms with van der Waals surface area (Å²) in [6, 6.07) is 24.5. The molecule has 43 heavy (non-hydrogen) atoms. The average Bonchev–Trinajstić information content (AvgIpc) is 2.99. The zero-order valence-electron chi connectivity index (χ0n) is 23.3. The summed E-state index contributed by atoms with van der Waals surface area (Å²) in [7, 11) is -4.56. The monoisotopic (exact) mass is 612 g/mol. The van der Waals surface area contributed by atoms with Crippen molar-refractivity contribution in [1.82, 2.24) is 0 Å². The topological polar surface area (TPSA) is 147 Å². The number of carbonyl (C=O) groups excluding carboxylic acids is 1. The maximum atomic E-state index is 12.6. The van der Waals surface area contributed by atoms with Gasteiger partial charge >= 0.3 is 19.8 Å². The van der Waals surface area contributed by atoms with Crippen molar-refractivity contribution < 1.29 is 52.1 Å². The fourth-order valence-corrected chi connectivity index (χ4v) is 4.98. The number of carboxylic acids is 1. The molecular formula is C31H33O11P. The molecule has 0 amide bonds. The molecule has 0 saturated carbocycles. The minimum atomic E-state index is -4.56. The smallest absolute Gasteiger partial charge is 0.472 e. The maximum absolute atomic E-state index is 12.6. The lowest BCUT2D eigenvalue weighted by molar-refractivity contribution is -0.150. The van der Waals surface area contributed by atoms with Gasteiger partial charge in [-0.1, -0.05) is 60.7 Å². The Bertz CT molecular complexity index is 1430. The van der Waals surface area contributed by atoms with Crippen LogP contribution in [-0.2, 0) is 45.7 Å². The van der Waals surface area contributed by atoms with E-state index in [1.165, 1.54) is 6.08 Å². The molecule has 2 N–H and O–H groups in total. The zero-order valence-corrected chi connectivity index (χ0v) is 24.2. The quantitative estimate of drug-likeness (QED) is 0.121. The van der Waals surface area contributed by atoms with Gasteiger partial charge in [-0.3, -0.25) is 18.6 Å². The van der Waals surface area contributed by atoms with Crippen LogP contribution in [-0.4, -0.2) is 54.0 Å². The number of rotatable bonds is 16. The van der Waals surface area contributed by atoms with Gasteiger partial charge in [0.2, 0.25) is 0 Å². The van der Waals surface area contributed by atoms with Crippen molar-refractivity contribution in [2.24, 2.45) is 0 Å². The van der Waals surface area contributed by atoms with E-state index in [0.717, 1.165) is 16.9 Å². The second kappa shape index (κ2) is 16.0. The Balaban J connectivity index is 1.25. The van der Waals surface area contributed by atoms with Crippen LogP contribution in [0.1, 0.15) is 24.0 Å². The number of aryl methyl sites for hydroxylation is 1. The molecule has 0 aromatic heterocycles. The molecule has 1 aliphatic rings. The fraction of sp³-hybridized carbons (Fsp3) is 0.290. The van der Waals surface area contributed by atoms with Crippen LogP contribution < -0.4 is 9.47 Å². The van der Waals surface area contributed by atoms with E-state index in [4.69, 9.17) is 28.6 Å². The zero-order chi connectivity index (χ0) is 30.5. The summed E-state index contributed by atoms with van der Waals surface area (Å²) in [5.74, 6) is 0.394. The molecule has 0 spiro atoms. The molecule has 0 radical (unpaired) electrons. The average molecular weight is 613 g/mol. The summed E-state index contributed by atoms with van der Waals surface area (Å²) in [6.07, 6.45) is 1.16. The van der Waals surface area contributed by atoms with Crippen LogP contribution in [0.3, 0.4) is 0 Å². The number of aliphatic carboxylic acids is 1. The van der Waals surface area contributed by atoms with E-state index in [-0.39, 0.29) is 19.6 Å². The molecule has 0 aliphatic carbocycles. The lowest BCUT2D eigenvalue weighted by Crippen LogP contribution is -2.37. The highest BCUT2D eigenvalue weighted by Crippen LogP contribution is 2.46. The van der Waals surface area contributed by atoms with Crippen molar-refractivity contribution in [3.8, 4) is 17.2 Å². The molecule has 3 aromatic rings. The summed E-state index contributed by atoms with van der Waals surface area (Å²) < 4.78 is 44.9. The Morgan fingerprint density at radius 3 is 2.53 bits per heavy atom. The minimum absolute atomic E-state index is 0.0612. The largest absolute Gasteiger partial charge is 0.489 e. The first kappa shape index (κ1) is 31.9. The van der Waals surface area contributed by atoms with Crippen molar-refractivity contribution in [3.63, 3.8) is 0 Å². The van der Waals surface area contributed by atoms with Gasteiger partial charge in [-0.05, 0) is 47.9 Å². The number of hydrogen-bond donors (Lipinski definition) is 2. The lowest BCUT2D eigenvalue weighted by Gasteiger charge is -2.28. The predicted molar refractivity (Wildman–Crippen MR) is 155 cm³/mol. The summed E-state index contributed by atoms with van der Waals surface area (Å²) in [4.78, 5) is 33.1. The molecule has 0 fully saturated rings. The summed E-state index contributed by atoms with van der Waals surface area (Å²) in [6.45, 7) is -0.220. The second-order valence-electron chi connectivity index (χ2n) is 9.46. The number of carbonyl (C=O) groups is 2. The van der Waals surface area contributed by atoms with Crippen molar-refractivity contribution in [2.75, 3.05) is 19.8 Å². The molecule has 2 unspecified atom stereocenters. The fourth-order valence-electron chi connectivity index (χ4n) is 4.09. The Morgan fingerprint density at radius 2 is 1.72 bits per heavy atom. The van der Waals surface area contributed by atoms with Crippen molar-refractivity contribution in [1.29, 1.82) is 0 Å². The summed E-state index contributed by atoms with van der Waals surface area (Å²) in [5.41, 5.74) is 1.74. The molecule has 1 heterocycles. The molecule has 11 nitrogen and oxygen atoms in total. The van der Waals surface area contributed by atoms with Gasteiger partial charge in [-0.15, -0.1) is 0 Å². The van der Waals surface area contributed by atoms with Crippen molar-refractivity contribution in [3.05, 3.63) is 102 Å². The number of ether oxygens (including phenoxy) is 4. The lowest BCUT2D eigenvalue weighted by atomic mass is 10.1. The van der Waals surface area contributed by atoms with Gasteiger partial charge in [0, 0.05) is 6.42 Å². The third-order valence-electron chi connectivity index (χ3n) is 6.18. The predicted octanol–water partition coefficient (Wildman–Crippen LogP) is 5.47. The van der Waals surface area contributed by atoms with E-state index < -0.39 is 45.0 Å². The van der Waals surface area contributed by atoms with Gasteiger partial charge in [-0.2, -0.15) is 0 Å². The van der Waals surface area contributed by atoms with Crippen LogP contribution in [0.2, 0.25) is 0 Å². The Kier molecular flexibility index (Phi) is 11.9. The molecule has 4 rings (SSSR count). The van der Waals surface area contributed by atoms with Crippen LogP contribution in [0.4, 0.5) is 0 Å². The number of phosphoric acid groups is 1. The highest BCUT2D eigenvalue weighted by molar-refractivity contribution is 7.47. The van der Waals surface area contributed by atoms with E-state index in [1.807, 2.05) is 78.9 Å².